The van der Waals surface area contributed by atoms with E-state index < -0.39 is 0 Å². The molecule has 0 saturated carbocycles. The fourth-order valence-electron chi connectivity index (χ4n) is 1.88. The predicted molar refractivity (Wildman–Crippen MR) is 59.1 cm³/mol. The third kappa shape index (κ3) is 4.15. The molecule has 0 amide bonds. The molecule has 1 saturated heterocycles. The van der Waals surface area contributed by atoms with Crippen LogP contribution in [-0.4, -0.2) is 24.5 Å². The van der Waals surface area contributed by atoms with Crippen LogP contribution >= 0.6 is 11.6 Å². The van der Waals surface area contributed by atoms with Crippen molar-refractivity contribution in [3.05, 3.63) is 11.6 Å². The van der Waals surface area contributed by atoms with Crippen molar-refractivity contribution in [3.8, 4) is 0 Å². The van der Waals surface area contributed by atoms with E-state index in [4.69, 9.17) is 11.6 Å². The van der Waals surface area contributed by atoms with Gasteiger partial charge in [-0.25, -0.2) is 0 Å². The molecule has 0 spiro atoms. The van der Waals surface area contributed by atoms with E-state index in [1.54, 1.807) is 0 Å². The van der Waals surface area contributed by atoms with Gasteiger partial charge in [0.05, 0.1) is 0 Å². The highest BCUT2D eigenvalue weighted by molar-refractivity contribution is 6.29. The summed E-state index contributed by atoms with van der Waals surface area (Å²) in [6.45, 7) is 11.6. The largest absolute Gasteiger partial charge is 0.298 e. The van der Waals surface area contributed by atoms with Gasteiger partial charge in [-0.2, -0.15) is 0 Å². The number of nitrogens with zero attached hydrogens (tertiary/aromatic N) is 1. The normalized spacial score (nSPS) is 23.9. The first-order valence-corrected chi connectivity index (χ1v) is 5.43. The first-order chi connectivity index (χ1) is 5.99. The van der Waals surface area contributed by atoms with Crippen LogP contribution in [0.25, 0.3) is 0 Å². The highest BCUT2D eigenvalue weighted by Crippen LogP contribution is 2.29. The summed E-state index contributed by atoms with van der Waals surface area (Å²) in [7, 11) is 0. The Morgan fingerprint density at radius 1 is 1.38 bits per heavy atom. The van der Waals surface area contributed by atoms with Crippen LogP contribution in [0.4, 0.5) is 0 Å². The smallest absolute Gasteiger partial charge is 0.0335 e. The van der Waals surface area contributed by atoms with E-state index in [0.717, 1.165) is 11.6 Å². The average Bonchev–Trinajstić information content (AvgIpc) is 2.12. The first-order valence-electron chi connectivity index (χ1n) is 5.05. The molecule has 0 N–H and O–H groups in total. The van der Waals surface area contributed by atoms with Gasteiger partial charge in [0, 0.05) is 11.6 Å². The lowest BCUT2D eigenvalue weighted by Crippen LogP contribution is -2.26. The second-order valence-corrected chi connectivity index (χ2v) is 5.35. The van der Waals surface area contributed by atoms with Gasteiger partial charge in [-0.05, 0) is 37.8 Å². The highest BCUT2D eigenvalue weighted by Gasteiger charge is 2.22. The number of likely N-dealkylation sites (tertiary alicyclic amines) is 1. The molecule has 1 heterocycles. The summed E-state index contributed by atoms with van der Waals surface area (Å²) < 4.78 is 0. The Labute approximate surface area is 86.8 Å². The van der Waals surface area contributed by atoms with Crippen LogP contribution in [0, 0.1) is 5.41 Å². The summed E-state index contributed by atoms with van der Waals surface area (Å²) in [6.07, 6.45) is 3.90. The zero-order valence-corrected chi connectivity index (χ0v) is 9.53. The van der Waals surface area contributed by atoms with Gasteiger partial charge in [-0.15, -0.1) is 0 Å². The van der Waals surface area contributed by atoms with Crippen LogP contribution in [-0.2, 0) is 0 Å². The van der Waals surface area contributed by atoms with Gasteiger partial charge in [0.15, 0.2) is 0 Å². The topological polar surface area (TPSA) is 3.24 Å². The highest BCUT2D eigenvalue weighted by atomic mass is 35.5. The molecule has 1 rings (SSSR count). The van der Waals surface area contributed by atoms with Crippen molar-refractivity contribution in [2.45, 2.75) is 33.1 Å². The minimum absolute atomic E-state index is 0.516. The molecule has 0 aromatic carbocycles. The Kier molecular flexibility index (Phi) is 3.81. The second kappa shape index (κ2) is 4.47. The van der Waals surface area contributed by atoms with Gasteiger partial charge in [-0.3, -0.25) is 4.90 Å². The molecule has 13 heavy (non-hydrogen) atoms. The van der Waals surface area contributed by atoms with Crippen molar-refractivity contribution in [2.24, 2.45) is 5.41 Å². The summed E-state index contributed by atoms with van der Waals surface area (Å²) in [5.74, 6) is 0. The summed E-state index contributed by atoms with van der Waals surface area (Å²) in [5, 5.41) is 0.764. The van der Waals surface area contributed by atoms with Crippen molar-refractivity contribution in [1.29, 1.82) is 0 Å². The van der Waals surface area contributed by atoms with Crippen LogP contribution in [0.3, 0.4) is 0 Å². The molecule has 1 fully saturated rings. The van der Waals surface area contributed by atoms with Gasteiger partial charge in [0.2, 0.25) is 0 Å². The third-order valence-corrected chi connectivity index (χ3v) is 2.95. The Hall–Kier alpha value is -0.0100. The van der Waals surface area contributed by atoms with Crippen LogP contribution < -0.4 is 0 Å². The van der Waals surface area contributed by atoms with Crippen LogP contribution in [0.5, 0.6) is 0 Å². The van der Waals surface area contributed by atoms with Crippen molar-refractivity contribution in [2.75, 3.05) is 19.6 Å². The molecule has 0 aromatic heterocycles. The molecule has 0 atom stereocenters. The van der Waals surface area contributed by atoms with Crippen LogP contribution in [0.2, 0.25) is 0 Å². The summed E-state index contributed by atoms with van der Waals surface area (Å²) in [5.41, 5.74) is 0.516. The van der Waals surface area contributed by atoms with Crippen LogP contribution in [0.15, 0.2) is 11.6 Å². The molecular formula is C11H20ClN. The lowest BCUT2D eigenvalue weighted by atomic mass is 9.85. The van der Waals surface area contributed by atoms with Crippen molar-refractivity contribution in [1.82, 2.24) is 4.90 Å². The van der Waals surface area contributed by atoms with E-state index >= 15 is 0 Å². The summed E-state index contributed by atoms with van der Waals surface area (Å²) >= 11 is 5.80. The lowest BCUT2D eigenvalue weighted by molar-refractivity contribution is 0.280. The van der Waals surface area contributed by atoms with Crippen molar-refractivity contribution >= 4 is 11.6 Å². The lowest BCUT2D eigenvalue weighted by Gasteiger charge is -2.22. The van der Waals surface area contributed by atoms with Gasteiger partial charge in [0.25, 0.3) is 0 Å². The van der Waals surface area contributed by atoms with E-state index in [-0.39, 0.29) is 0 Å². The molecule has 0 radical (unpaired) electrons. The molecule has 0 aliphatic carbocycles. The average molecular weight is 202 g/mol. The molecular weight excluding hydrogens is 182 g/mol. The number of halogens is 1. The van der Waals surface area contributed by atoms with Gasteiger partial charge < -0.3 is 0 Å². The Morgan fingerprint density at radius 3 is 2.69 bits per heavy atom. The SMILES string of the molecule is C=C(Cl)CN1CCCC(C)(C)CC1. The predicted octanol–water partition coefficient (Wildman–Crippen LogP) is 3.25. The molecule has 0 unspecified atom stereocenters. The second-order valence-electron chi connectivity index (χ2n) is 4.81. The monoisotopic (exact) mass is 201 g/mol. The molecule has 0 bridgehead atoms. The van der Waals surface area contributed by atoms with E-state index in [1.165, 1.54) is 32.4 Å². The number of hydrogen-bond donors (Lipinski definition) is 0. The maximum Gasteiger partial charge on any atom is 0.0335 e. The zero-order valence-electron chi connectivity index (χ0n) is 8.77. The quantitative estimate of drug-likeness (QED) is 0.663. The summed E-state index contributed by atoms with van der Waals surface area (Å²) in [6, 6.07) is 0. The third-order valence-electron chi connectivity index (χ3n) is 2.83. The molecule has 2 heteroatoms. The minimum atomic E-state index is 0.516. The Bertz CT molecular complexity index is 187. The fourth-order valence-corrected chi connectivity index (χ4v) is 2.05. The number of hydrogen-bond acceptors (Lipinski definition) is 1. The van der Waals surface area contributed by atoms with E-state index in [0.29, 0.717) is 5.41 Å². The Morgan fingerprint density at radius 2 is 2.08 bits per heavy atom. The van der Waals surface area contributed by atoms with Crippen molar-refractivity contribution in [3.63, 3.8) is 0 Å². The minimum Gasteiger partial charge on any atom is -0.298 e. The number of rotatable bonds is 2. The maximum absolute atomic E-state index is 5.80. The molecule has 1 aliphatic rings. The van der Waals surface area contributed by atoms with Crippen molar-refractivity contribution < 1.29 is 0 Å². The van der Waals surface area contributed by atoms with E-state index in [9.17, 15) is 0 Å². The Balaban J connectivity index is 2.40. The zero-order chi connectivity index (χ0) is 9.90. The molecule has 0 aromatic rings. The van der Waals surface area contributed by atoms with E-state index in [2.05, 4.69) is 25.3 Å². The fraction of sp³-hybridized carbons (Fsp3) is 0.818. The molecule has 1 nitrogen and oxygen atoms in total. The first kappa shape index (κ1) is 11.1. The standard InChI is InChI=1S/C11H20ClN/c1-10(12)9-13-7-4-5-11(2,3)6-8-13/h1,4-9H2,2-3H3. The van der Waals surface area contributed by atoms with Gasteiger partial charge in [0.1, 0.15) is 0 Å². The van der Waals surface area contributed by atoms with Gasteiger partial charge >= 0.3 is 0 Å². The molecule has 1 aliphatic heterocycles. The summed E-state index contributed by atoms with van der Waals surface area (Å²) in [4.78, 5) is 2.41. The van der Waals surface area contributed by atoms with Gasteiger partial charge in [-0.1, -0.05) is 32.0 Å². The molecule has 76 valence electrons. The van der Waals surface area contributed by atoms with E-state index in [1.807, 2.05) is 0 Å². The van der Waals surface area contributed by atoms with Crippen LogP contribution in [0.1, 0.15) is 33.1 Å². The maximum atomic E-state index is 5.80.